The summed E-state index contributed by atoms with van der Waals surface area (Å²) in [7, 11) is 0. The van der Waals surface area contributed by atoms with Gasteiger partial charge in [-0.25, -0.2) is 0 Å². The highest BCUT2D eigenvalue weighted by atomic mass is 16.3. The van der Waals surface area contributed by atoms with Crippen molar-refractivity contribution >= 4 is 0 Å². The van der Waals surface area contributed by atoms with Gasteiger partial charge in [-0.3, -0.25) is 0 Å². The van der Waals surface area contributed by atoms with Gasteiger partial charge in [0.2, 0.25) is 0 Å². The molecule has 1 aliphatic carbocycles. The summed E-state index contributed by atoms with van der Waals surface area (Å²) in [6.45, 7) is 5.96. The predicted molar refractivity (Wildman–Crippen MR) is 60.3 cm³/mol. The molecule has 1 atom stereocenters. The second-order valence-electron chi connectivity index (χ2n) is 4.95. The molecule has 84 valence electrons. The Hall–Kier alpha value is -0.0800. The average molecular weight is 199 g/mol. The molecule has 2 nitrogen and oxygen atoms in total. The molecule has 1 unspecified atom stereocenters. The molecule has 0 aromatic rings. The zero-order chi connectivity index (χ0) is 10.4. The van der Waals surface area contributed by atoms with E-state index in [1.54, 1.807) is 0 Å². The van der Waals surface area contributed by atoms with Crippen LogP contribution in [-0.4, -0.2) is 24.3 Å². The lowest BCUT2D eigenvalue weighted by Crippen LogP contribution is -2.33. The van der Waals surface area contributed by atoms with Gasteiger partial charge < -0.3 is 10.4 Å². The zero-order valence-electron chi connectivity index (χ0n) is 9.63. The van der Waals surface area contributed by atoms with Crippen LogP contribution in [0.25, 0.3) is 0 Å². The van der Waals surface area contributed by atoms with Gasteiger partial charge in [0.15, 0.2) is 0 Å². The van der Waals surface area contributed by atoms with Crippen molar-refractivity contribution in [3.63, 3.8) is 0 Å². The molecule has 0 aromatic heterocycles. The van der Waals surface area contributed by atoms with Crippen molar-refractivity contribution in [3.8, 4) is 0 Å². The minimum atomic E-state index is 0.301. The van der Waals surface area contributed by atoms with Gasteiger partial charge >= 0.3 is 0 Å². The molecule has 0 heterocycles. The van der Waals surface area contributed by atoms with E-state index in [1.165, 1.54) is 25.7 Å². The van der Waals surface area contributed by atoms with Crippen LogP contribution in [0, 0.1) is 11.8 Å². The Balaban J connectivity index is 2.06. The Kier molecular flexibility index (Phi) is 5.49. The quantitative estimate of drug-likeness (QED) is 0.711. The van der Waals surface area contributed by atoms with Gasteiger partial charge in [-0.15, -0.1) is 0 Å². The fourth-order valence-corrected chi connectivity index (χ4v) is 2.20. The summed E-state index contributed by atoms with van der Waals surface area (Å²) < 4.78 is 0. The van der Waals surface area contributed by atoms with E-state index in [0.717, 1.165) is 24.8 Å². The Bertz CT molecular complexity index is 141. The van der Waals surface area contributed by atoms with E-state index in [0.29, 0.717) is 12.6 Å². The lowest BCUT2D eigenvalue weighted by Gasteiger charge is -2.27. The average Bonchev–Trinajstić information content (AvgIpc) is 2.17. The Labute approximate surface area is 88.1 Å². The van der Waals surface area contributed by atoms with Crippen LogP contribution < -0.4 is 5.32 Å². The van der Waals surface area contributed by atoms with Crippen molar-refractivity contribution in [2.75, 3.05) is 13.2 Å². The third kappa shape index (κ3) is 4.43. The number of hydrogen-bond acceptors (Lipinski definition) is 2. The van der Waals surface area contributed by atoms with Crippen molar-refractivity contribution in [3.05, 3.63) is 0 Å². The molecule has 0 bridgehead atoms. The lowest BCUT2D eigenvalue weighted by molar-refractivity contribution is 0.249. The Morgan fingerprint density at radius 1 is 1.29 bits per heavy atom. The predicted octanol–water partition coefficient (Wildman–Crippen LogP) is 2.17. The lowest BCUT2D eigenvalue weighted by atomic mass is 9.83. The number of aliphatic hydroxyl groups is 1. The topological polar surface area (TPSA) is 32.3 Å². The van der Waals surface area contributed by atoms with E-state index in [9.17, 15) is 0 Å². The minimum absolute atomic E-state index is 0.301. The van der Waals surface area contributed by atoms with E-state index in [2.05, 4.69) is 19.2 Å². The number of nitrogens with one attached hydrogen (secondary N) is 1. The van der Waals surface area contributed by atoms with Crippen LogP contribution in [0.15, 0.2) is 0 Å². The molecule has 0 aromatic carbocycles. The first-order valence-electron chi connectivity index (χ1n) is 6.06. The molecule has 0 spiro atoms. The molecule has 1 rings (SSSR count). The van der Waals surface area contributed by atoms with Crippen LogP contribution in [-0.2, 0) is 0 Å². The van der Waals surface area contributed by atoms with Crippen molar-refractivity contribution in [2.45, 2.75) is 52.0 Å². The van der Waals surface area contributed by atoms with Gasteiger partial charge in [0.1, 0.15) is 0 Å². The largest absolute Gasteiger partial charge is 0.396 e. The molecule has 14 heavy (non-hydrogen) atoms. The summed E-state index contributed by atoms with van der Waals surface area (Å²) in [6.07, 6.45) is 6.46. The molecule has 0 radical (unpaired) electrons. The fourth-order valence-electron chi connectivity index (χ4n) is 2.20. The smallest absolute Gasteiger partial charge is 0.0445 e. The van der Waals surface area contributed by atoms with E-state index in [-0.39, 0.29) is 0 Å². The van der Waals surface area contributed by atoms with Gasteiger partial charge in [-0.05, 0) is 44.6 Å². The highest BCUT2D eigenvalue weighted by Gasteiger charge is 2.18. The molecule has 2 heteroatoms. The summed E-state index contributed by atoms with van der Waals surface area (Å²) in [4.78, 5) is 0. The highest BCUT2D eigenvalue weighted by molar-refractivity contribution is 4.73. The van der Waals surface area contributed by atoms with Crippen LogP contribution in [0.5, 0.6) is 0 Å². The van der Waals surface area contributed by atoms with Gasteiger partial charge in [0.25, 0.3) is 0 Å². The van der Waals surface area contributed by atoms with Crippen LogP contribution in [0.1, 0.15) is 46.0 Å². The summed E-state index contributed by atoms with van der Waals surface area (Å²) in [5.41, 5.74) is 0. The number of aliphatic hydroxyl groups excluding tert-OH is 1. The molecule has 1 aliphatic rings. The first kappa shape index (κ1) is 12.0. The fraction of sp³-hybridized carbons (Fsp3) is 1.00. The standard InChI is InChI=1S/C12H25NO/c1-10-3-5-12(6-4-10)9-13-11(2)7-8-14/h10-14H,3-9H2,1-2H3. The maximum Gasteiger partial charge on any atom is 0.0445 e. The maximum atomic E-state index is 8.77. The molecule has 0 saturated heterocycles. The molecule has 1 fully saturated rings. The van der Waals surface area contributed by atoms with Crippen molar-refractivity contribution in [2.24, 2.45) is 11.8 Å². The first-order valence-corrected chi connectivity index (χ1v) is 6.06. The SMILES string of the molecule is CC1CCC(CNC(C)CCO)CC1. The number of rotatable bonds is 5. The van der Waals surface area contributed by atoms with Gasteiger partial charge in [0.05, 0.1) is 0 Å². The van der Waals surface area contributed by atoms with Crippen molar-refractivity contribution in [1.29, 1.82) is 0 Å². The minimum Gasteiger partial charge on any atom is -0.396 e. The summed E-state index contributed by atoms with van der Waals surface area (Å²) in [5.74, 6) is 1.83. The number of hydrogen-bond donors (Lipinski definition) is 2. The van der Waals surface area contributed by atoms with E-state index in [1.807, 2.05) is 0 Å². The molecular formula is C12H25NO. The normalized spacial score (nSPS) is 30.2. The van der Waals surface area contributed by atoms with Crippen LogP contribution in [0.2, 0.25) is 0 Å². The maximum absolute atomic E-state index is 8.77. The third-order valence-electron chi connectivity index (χ3n) is 3.45. The molecule has 2 N–H and O–H groups in total. The monoisotopic (exact) mass is 199 g/mol. The van der Waals surface area contributed by atoms with Crippen molar-refractivity contribution < 1.29 is 5.11 Å². The highest BCUT2D eigenvalue weighted by Crippen LogP contribution is 2.27. The molecule has 1 saturated carbocycles. The van der Waals surface area contributed by atoms with Crippen molar-refractivity contribution in [1.82, 2.24) is 5.32 Å². The summed E-state index contributed by atoms with van der Waals surface area (Å²) >= 11 is 0. The molecular weight excluding hydrogens is 174 g/mol. The van der Waals surface area contributed by atoms with Gasteiger partial charge in [0, 0.05) is 12.6 Å². The Morgan fingerprint density at radius 2 is 1.93 bits per heavy atom. The van der Waals surface area contributed by atoms with Crippen LogP contribution >= 0.6 is 0 Å². The van der Waals surface area contributed by atoms with E-state index in [4.69, 9.17) is 5.11 Å². The third-order valence-corrected chi connectivity index (χ3v) is 3.45. The second kappa shape index (κ2) is 6.41. The molecule has 0 amide bonds. The Morgan fingerprint density at radius 3 is 2.50 bits per heavy atom. The second-order valence-corrected chi connectivity index (χ2v) is 4.95. The first-order chi connectivity index (χ1) is 6.72. The van der Waals surface area contributed by atoms with Gasteiger partial charge in [-0.1, -0.05) is 19.8 Å². The van der Waals surface area contributed by atoms with Gasteiger partial charge in [-0.2, -0.15) is 0 Å². The zero-order valence-corrected chi connectivity index (χ0v) is 9.63. The van der Waals surface area contributed by atoms with E-state index < -0.39 is 0 Å². The summed E-state index contributed by atoms with van der Waals surface area (Å²) in [5, 5.41) is 12.3. The van der Waals surface area contributed by atoms with Crippen LogP contribution in [0.3, 0.4) is 0 Å². The summed E-state index contributed by atoms with van der Waals surface area (Å²) in [6, 6.07) is 0.472. The van der Waals surface area contributed by atoms with Crippen LogP contribution in [0.4, 0.5) is 0 Å². The molecule has 0 aliphatic heterocycles. The van der Waals surface area contributed by atoms with E-state index >= 15 is 0 Å².